The van der Waals surface area contributed by atoms with Crippen molar-refractivity contribution in [1.29, 1.82) is 0 Å². The first-order chi connectivity index (χ1) is 13.7. The van der Waals surface area contributed by atoms with Crippen LogP contribution in [-0.4, -0.2) is 59.9 Å². The zero-order valence-corrected chi connectivity index (χ0v) is 16.5. The molecule has 0 amide bonds. The highest BCUT2D eigenvalue weighted by molar-refractivity contribution is 7.89. The zero-order chi connectivity index (χ0) is 21.3. The number of pyridine rings is 1. The van der Waals surface area contributed by atoms with E-state index >= 15 is 0 Å². The number of aromatic nitrogens is 2. The molecule has 11 heteroatoms. The number of esters is 1. The number of carbonyl (C=O) groups is 2. The number of ether oxygens (including phenoxy) is 1. The zero-order valence-electron chi connectivity index (χ0n) is 15.7. The Morgan fingerprint density at radius 2 is 2.00 bits per heavy atom. The van der Waals surface area contributed by atoms with Gasteiger partial charge < -0.3 is 19.8 Å². The van der Waals surface area contributed by atoms with Gasteiger partial charge in [0.2, 0.25) is 10.0 Å². The summed E-state index contributed by atoms with van der Waals surface area (Å²) in [5.74, 6) is -1.93. The third-order valence-electron chi connectivity index (χ3n) is 4.34. The fourth-order valence-corrected chi connectivity index (χ4v) is 4.10. The summed E-state index contributed by atoms with van der Waals surface area (Å²) >= 11 is 0. The van der Waals surface area contributed by atoms with E-state index in [-0.39, 0.29) is 28.0 Å². The number of aliphatic carboxylic acids is 1. The summed E-state index contributed by atoms with van der Waals surface area (Å²) in [7, 11) is -2.95. The minimum absolute atomic E-state index is 0.106. The summed E-state index contributed by atoms with van der Waals surface area (Å²) in [5.41, 5.74) is 0.0690. The lowest BCUT2D eigenvalue weighted by molar-refractivity contribution is -0.137. The number of hydrogen-bond acceptors (Lipinski definition) is 6. The predicted octanol–water partition coefficient (Wildman–Crippen LogP) is 1.28. The van der Waals surface area contributed by atoms with Crippen LogP contribution in [-0.2, 0) is 19.6 Å². The smallest absolute Gasteiger partial charge is 0.340 e. The van der Waals surface area contributed by atoms with Crippen molar-refractivity contribution in [2.45, 2.75) is 18.2 Å². The molecule has 3 N–H and O–H groups in total. The number of nitrogens with zero attached hydrogens (tertiary/aromatic N) is 1. The van der Waals surface area contributed by atoms with Crippen LogP contribution in [0.3, 0.4) is 0 Å². The van der Waals surface area contributed by atoms with Crippen molar-refractivity contribution in [1.82, 2.24) is 14.3 Å². The Morgan fingerprint density at radius 1 is 1.28 bits per heavy atom. The van der Waals surface area contributed by atoms with Gasteiger partial charge in [0.15, 0.2) is 0 Å². The van der Waals surface area contributed by atoms with Crippen molar-refractivity contribution in [3.63, 3.8) is 0 Å². The lowest BCUT2D eigenvalue weighted by atomic mass is 10.1. The second kappa shape index (κ2) is 7.68. The van der Waals surface area contributed by atoms with Crippen molar-refractivity contribution in [2.24, 2.45) is 0 Å². The monoisotopic (exact) mass is 421 g/mol. The standard InChI is InChI=1S/C18H19N3O7S/c1-3-6-28-18(25)12-8-19-16-15(12)11-7-10(4-5-13(11)20-17(16)24)29(26,27)21(2)9-14(22)23/h4-5,7-8,19H,3,6,9H2,1-2H3,(H,20,24)(H,22,23). The van der Waals surface area contributed by atoms with Crippen molar-refractivity contribution >= 4 is 43.8 Å². The number of benzene rings is 1. The number of likely N-dealkylation sites (N-methyl/N-ethyl adjacent to an activating group) is 1. The highest BCUT2D eigenvalue weighted by Gasteiger charge is 2.25. The van der Waals surface area contributed by atoms with Crippen molar-refractivity contribution in [3.8, 4) is 0 Å². The number of hydrogen-bond donors (Lipinski definition) is 3. The number of nitrogens with one attached hydrogen (secondary N) is 2. The molecule has 0 aliphatic carbocycles. The molecule has 0 saturated carbocycles. The lowest BCUT2D eigenvalue weighted by Crippen LogP contribution is -2.32. The van der Waals surface area contributed by atoms with Crippen LogP contribution in [0.4, 0.5) is 0 Å². The van der Waals surface area contributed by atoms with E-state index in [0.29, 0.717) is 21.6 Å². The van der Waals surface area contributed by atoms with Crippen molar-refractivity contribution in [3.05, 3.63) is 40.3 Å². The van der Waals surface area contributed by atoms with Crippen LogP contribution >= 0.6 is 0 Å². The summed E-state index contributed by atoms with van der Waals surface area (Å²) in [4.78, 5) is 40.8. The molecular formula is C18H19N3O7S. The van der Waals surface area contributed by atoms with Crippen LogP contribution in [0.5, 0.6) is 0 Å². The SMILES string of the molecule is CCCOC(=O)c1c[nH]c2c(=O)[nH]c3ccc(S(=O)(=O)N(C)CC(=O)O)cc3c12. The molecule has 3 aromatic rings. The van der Waals surface area contributed by atoms with E-state index in [1.54, 1.807) is 0 Å². The average molecular weight is 421 g/mol. The highest BCUT2D eigenvalue weighted by Crippen LogP contribution is 2.28. The molecule has 2 heterocycles. The molecule has 29 heavy (non-hydrogen) atoms. The van der Waals surface area contributed by atoms with Gasteiger partial charge in [-0.3, -0.25) is 9.59 Å². The molecule has 0 spiro atoms. The first-order valence-corrected chi connectivity index (χ1v) is 10.1. The lowest BCUT2D eigenvalue weighted by Gasteiger charge is -2.15. The molecule has 154 valence electrons. The second-order valence-corrected chi connectivity index (χ2v) is 8.45. The molecule has 0 saturated heterocycles. The summed E-state index contributed by atoms with van der Waals surface area (Å²) in [6.45, 7) is 1.33. The van der Waals surface area contributed by atoms with Gasteiger partial charge in [-0.15, -0.1) is 0 Å². The van der Waals surface area contributed by atoms with Gasteiger partial charge in [-0.25, -0.2) is 13.2 Å². The van der Waals surface area contributed by atoms with Crippen molar-refractivity contribution in [2.75, 3.05) is 20.2 Å². The summed E-state index contributed by atoms with van der Waals surface area (Å²) in [5, 5.41) is 9.43. The molecule has 1 aromatic carbocycles. The second-order valence-electron chi connectivity index (χ2n) is 6.40. The molecular weight excluding hydrogens is 402 g/mol. The fourth-order valence-electron chi connectivity index (χ4n) is 2.96. The van der Waals surface area contributed by atoms with Gasteiger partial charge in [-0.05, 0) is 24.6 Å². The molecule has 0 bridgehead atoms. The van der Waals surface area contributed by atoms with Crippen molar-refractivity contribution < 1.29 is 27.9 Å². The summed E-state index contributed by atoms with van der Waals surface area (Å²) < 4.78 is 31.3. The van der Waals surface area contributed by atoms with E-state index in [4.69, 9.17) is 9.84 Å². The van der Waals surface area contributed by atoms with Crippen LogP contribution in [0, 0.1) is 0 Å². The first-order valence-electron chi connectivity index (χ1n) is 8.69. The number of carbonyl (C=O) groups excluding carboxylic acids is 1. The topological polar surface area (TPSA) is 150 Å². The van der Waals surface area contributed by atoms with Gasteiger partial charge in [-0.1, -0.05) is 6.92 Å². The van der Waals surface area contributed by atoms with E-state index in [2.05, 4.69) is 9.97 Å². The van der Waals surface area contributed by atoms with Crippen LogP contribution in [0.25, 0.3) is 21.8 Å². The molecule has 2 aromatic heterocycles. The van der Waals surface area contributed by atoms with E-state index in [0.717, 1.165) is 7.05 Å². The Hall–Kier alpha value is -3.18. The number of aromatic amines is 2. The Balaban J connectivity index is 2.24. The predicted molar refractivity (Wildman–Crippen MR) is 104 cm³/mol. The minimum atomic E-state index is -4.10. The van der Waals surface area contributed by atoms with Crippen LogP contribution < -0.4 is 5.56 Å². The minimum Gasteiger partial charge on any atom is -0.480 e. The summed E-state index contributed by atoms with van der Waals surface area (Å²) in [6.07, 6.45) is 1.96. The van der Waals surface area contributed by atoms with Crippen LogP contribution in [0.1, 0.15) is 23.7 Å². The van der Waals surface area contributed by atoms with E-state index in [1.807, 2.05) is 6.92 Å². The normalized spacial score (nSPS) is 12.0. The van der Waals surface area contributed by atoms with Crippen LogP contribution in [0.2, 0.25) is 0 Å². The molecule has 10 nitrogen and oxygen atoms in total. The Kier molecular flexibility index (Phi) is 5.44. The number of sulfonamides is 1. The quantitative estimate of drug-likeness (QED) is 0.486. The van der Waals surface area contributed by atoms with Gasteiger partial charge in [0.25, 0.3) is 5.56 Å². The fraction of sp³-hybridized carbons (Fsp3) is 0.278. The number of carboxylic acid groups (broad SMARTS) is 1. The number of rotatable bonds is 7. The molecule has 0 radical (unpaired) electrons. The van der Waals surface area contributed by atoms with Gasteiger partial charge in [-0.2, -0.15) is 4.31 Å². The molecule has 0 fully saturated rings. The molecule has 0 aliphatic rings. The van der Waals surface area contributed by atoms with Crippen LogP contribution in [0.15, 0.2) is 34.1 Å². The average Bonchev–Trinajstić information content (AvgIpc) is 3.11. The maximum atomic E-state index is 12.7. The Bertz CT molecular complexity index is 1270. The number of fused-ring (bicyclic) bond motifs is 3. The first kappa shape index (κ1) is 20.6. The van der Waals surface area contributed by atoms with Gasteiger partial charge in [0.05, 0.1) is 17.1 Å². The molecule has 0 unspecified atom stereocenters. The van der Waals surface area contributed by atoms with Gasteiger partial charge >= 0.3 is 11.9 Å². The van der Waals surface area contributed by atoms with Gasteiger partial charge in [0, 0.05) is 29.5 Å². The summed E-state index contributed by atoms with van der Waals surface area (Å²) in [6, 6.07) is 3.96. The van der Waals surface area contributed by atoms with E-state index in [9.17, 15) is 22.8 Å². The maximum absolute atomic E-state index is 12.7. The Labute approximate surface area is 165 Å². The molecule has 0 aliphatic heterocycles. The van der Waals surface area contributed by atoms with E-state index in [1.165, 1.54) is 24.4 Å². The number of carboxylic acids is 1. The van der Waals surface area contributed by atoms with E-state index < -0.39 is 34.1 Å². The largest absolute Gasteiger partial charge is 0.480 e. The van der Waals surface area contributed by atoms with Gasteiger partial charge in [0.1, 0.15) is 12.1 Å². The number of H-pyrrole nitrogens is 2. The Morgan fingerprint density at radius 3 is 2.66 bits per heavy atom. The molecule has 3 rings (SSSR count). The third kappa shape index (κ3) is 3.74. The maximum Gasteiger partial charge on any atom is 0.340 e. The molecule has 0 atom stereocenters. The highest BCUT2D eigenvalue weighted by atomic mass is 32.2. The third-order valence-corrected chi connectivity index (χ3v) is 6.14.